The number of carbonyl (C=O) groups excluding carboxylic acids is 1. The average Bonchev–Trinajstić information content (AvgIpc) is 3.49. The first-order valence-corrected chi connectivity index (χ1v) is 15.0. The van der Waals surface area contributed by atoms with E-state index in [1.54, 1.807) is 18.7 Å². The summed E-state index contributed by atoms with van der Waals surface area (Å²) in [7, 11) is 2.09. The molecule has 11 nitrogen and oxygen atoms in total. The van der Waals surface area contributed by atoms with Crippen LogP contribution in [0.4, 0.5) is 22.2 Å². The van der Waals surface area contributed by atoms with Crippen LogP contribution in [0.15, 0.2) is 97.6 Å². The molecule has 7 rings (SSSR count). The molecule has 3 aromatic carbocycles. The van der Waals surface area contributed by atoms with Crippen LogP contribution in [0.3, 0.4) is 0 Å². The van der Waals surface area contributed by atoms with E-state index in [0.29, 0.717) is 30.7 Å². The van der Waals surface area contributed by atoms with Gasteiger partial charge >= 0.3 is 6.03 Å². The fraction of sp³-hybridized carbons (Fsp3) is 0.206. The molecule has 4 N–H and O–H groups in total. The maximum Gasteiger partial charge on any atom is 0.321 e. The van der Waals surface area contributed by atoms with E-state index in [-0.39, 0.29) is 18.1 Å². The van der Waals surface area contributed by atoms with Crippen LogP contribution in [-0.4, -0.2) is 79.1 Å². The molecule has 2 atom stereocenters. The Morgan fingerprint density at radius 1 is 0.933 bits per heavy atom. The van der Waals surface area contributed by atoms with Crippen molar-refractivity contribution in [1.82, 2.24) is 34.3 Å². The summed E-state index contributed by atoms with van der Waals surface area (Å²) in [6.07, 6.45) is 5.21. The highest BCUT2D eigenvalue weighted by molar-refractivity contribution is 6.01. The van der Waals surface area contributed by atoms with Gasteiger partial charge in [0.1, 0.15) is 18.0 Å². The minimum absolute atomic E-state index is 0.0340. The van der Waals surface area contributed by atoms with Crippen molar-refractivity contribution in [3.8, 4) is 16.9 Å². The number of likely N-dealkylation sites (N-methyl/N-ethyl adjacent to an activating group) is 1. The predicted octanol–water partition coefficient (Wildman–Crippen LogP) is 5.26. The van der Waals surface area contributed by atoms with Crippen LogP contribution in [0.2, 0.25) is 0 Å². The molecule has 11 heteroatoms. The van der Waals surface area contributed by atoms with E-state index in [0.717, 1.165) is 45.2 Å². The number of nitrogens with two attached hydrogens (primary N) is 1. The van der Waals surface area contributed by atoms with Crippen molar-refractivity contribution in [2.24, 2.45) is 0 Å². The SMILES string of the molecule is CC(Nc1nccc(-n2cnc3cc(-c4ccnc(N)c4)ccc32)n1)C1CN(C(=O)Nc2cccc3ccccc23)CCN1C. The van der Waals surface area contributed by atoms with Gasteiger partial charge in [0.25, 0.3) is 0 Å². The Morgan fingerprint density at radius 3 is 2.64 bits per heavy atom. The highest BCUT2D eigenvalue weighted by Crippen LogP contribution is 2.27. The summed E-state index contributed by atoms with van der Waals surface area (Å²) in [5, 5.41) is 8.74. The van der Waals surface area contributed by atoms with Gasteiger partial charge < -0.3 is 21.3 Å². The number of hydrogen-bond donors (Lipinski definition) is 3. The minimum atomic E-state index is -0.0996. The summed E-state index contributed by atoms with van der Waals surface area (Å²) in [5.41, 5.74) is 10.5. The number of nitrogen functional groups attached to an aromatic ring is 1. The summed E-state index contributed by atoms with van der Waals surface area (Å²) >= 11 is 0. The molecular formula is C34H34N10O. The number of urea groups is 1. The van der Waals surface area contributed by atoms with Crippen molar-refractivity contribution in [2.75, 3.05) is 43.0 Å². The van der Waals surface area contributed by atoms with E-state index >= 15 is 0 Å². The number of amides is 2. The van der Waals surface area contributed by atoms with Gasteiger partial charge in [-0.15, -0.1) is 0 Å². The Kier molecular flexibility index (Phi) is 7.44. The number of anilines is 3. The Bertz CT molecular complexity index is 2000. The van der Waals surface area contributed by atoms with Crippen molar-refractivity contribution in [3.05, 3.63) is 97.6 Å². The lowest BCUT2D eigenvalue weighted by Gasteiger charge is -2.42. The number of aromatic nitrogens is 5. The van der Waals surface area contributed by atoms with Gasteiger partial charge in [-0.2, -0.15) is 4.98 Å². The summed E-state index contributed by atoms with van der Waals surface area (Å²) < 4.78 is 1.95. The molecule has 0 radical (unpaired) electrons. The smallest absolute Gasteiger partial charge is 0.321 e. The van der Waals surface area contributed by atoms with Gasteiger partial charge in [-0.1, -0.05) is 42.5 Å². The van der Waals surface area contributed by atoms with E-state index in [2.05, 4.69) is 44.5 Å². The van der Waals surface area contributed by atoms with Gasteiger partial charge in [0, 0.05) is 49.5 Å². The van der Waals surface area contributed by atoms with Crippen molar-refractivity contribution >= 4 is 45.3 Å². The molecule has 1 aliphatic heterocycles. The fourth-order valence-corrected chi connectivity index (χ4v) is 6.01. The molecule has 2 amide bonds. The highest BCUT2D eigenvalue weighted by atomic mass is 16.2. The number of nitrogens with one attached hydrogen (secondary N) is 2. The predicted molar refractivity (Wildman–Crippen MR) is 178 cm³/mol. The maximum atomic E-state index is 13.4. The third kappa shape index (κ3) is 5.73. The molecule has 3 aromatic heterocycles. The van der Waals surface area contributed by atoms with Crippen LogP contribution in [0, 0.1) is 0 Å². The van der Waals surface area contributed by atoms with E-state index in [1.165, 1.54) is 0 Å². The second kappa shape index (κ2) is 11.9. The standard InChI is InChI=1S/C34H34N10O/c1-22(30-20-43(17-16-42(30)2)34(45)40-27-9-5-7-23-6-3-4-8-26(23)27)39-33-37-15-13-32(41-33)44-21-38-28-18-24(10-11-29(28)44)25-12-14-36-31(35)19-25/h3-15,18-19,21-22,30H,16-17,20H2,1-2H3,(H2,35,36)(H,40,45)(H,37,39,41). The van der Waals surface area contributed by atoms with E-state index in [1.807, 2.05) is 88.3 Å². The number of rotatable bonds is 6. The lowest BCUT2D eigenvalue weighted by molar-refractivity contribution is 0.108. The Balaban J connectivity index is 1.05. The lowest BCUT2D eigenvalue weighted by Crippen LogP contribution is -2.59. The molecule has 1 fully saturated rings. The van der Waals surface area contributed by atoms with Crippen molar-refractivity contribution < 1.29 is 4.79 Å². The zero-order valence-electron chi connectivity index (χ0n) is 25.1. The molecule has 6 aromatic rings. The van der Waals surface area contributed by atoms with E-state index in [4.69, 9.17) is 10.7 Å². The molecule has 0 saturated carbocycles. The molecule has 226 valence electrons. The van der Waals surface area contributed by atoms with Gasteiger partial charge in [0.15, 0.2) is 0 Å². The lowest BCUT2D eigenvalue weighted by atomic mass is 10.1. The molecule has 4 heterocycles. The first-order chi connectivity index (χ1) is 21.9. The van der Waals surface area contributed by atoms with Gasteiger partial charge in [-0.25, -0.2) is 19.7 Å². The third-order valence-electron chi connectivity index (χ3n) is 8.50. The van der Waals surface area contributed by atoms with Crippen LogP contribution in [0.25, 0.3) is 38.8 Å². The van der Waals surface area contributed by atoms with Crippen LogP contribution >= 0.6 is 0 Å². The third-order valence-corrected chi connectivity index (χ3v) is 8.50. The number of carbonyl (C=O) groups is 1. The number of nitrogens with zero attached hydrogens (tertiary/aromatic N) is 7. The quantitative estimate of drug-likeness (QED) is 0.237. The second-order valence-electron chi connectivity index (χ2n) is 11.4. The Morgan fingerprint density at radius 2 is 1.76 bits per heavy atom. The molecule has 0 spiro atoms. The Labute approximate surface area is 260 Å². The van der Waals surface area contributed by atoms with E-state index in [9.17, 15) is 4.79 Å². The molecule has 2 unspecified atom stereocenters. The largest absolute Gasteiger partial charge is 0.384 e. The van der Waals surface area contributed by atoms with Crippen LogP contribution in [0.5, 0.6) is 0 Å². The van der Waals surface area contributed by atoms with Crippen molar-refractivity contribution in [3.63, 3.8) is 0 Å². The Hall–Kier alpha value is -5.55. The van der Waals surface area contributed by atoms with E-state index < -0.39 is 0 Å². The zero-order chi connectivity index (χ0) is 30.9. The van der Waals surface area contributed by atoms with Crippen LogP contribution < -0.4 is 16.4 Å². The number of imidazole rings is 1. The summed E-state index contributed by atoms with van der Waals surface area (Å²) in [4.78, 5) is 35.6. The molecule has 45 heavy (non-hydrogen) atoms. The fourth-order valence-electron chi connectivity index (χ4n) is 6.01. The average molecular weight is 599 g/mol. The van der Waals surface area contributed by atoms with Gasteiger partial charge in [0.2, 0.25) is 5.95 Å². The molecular weight excluding hydrogens is 564 g/mol. The van der Waals surface area contributed by atoms with Crippen LogP contribution in [-0.2, 0) is 0 Å². The number of pyridine rings is 1. The van der Waals surface area contributed by atoms with Crippen molar-refractivity contribution in [1.29, 1.82) is 0 Å². The number of benzene rings is 3. The normalized spacial score (nSPS) is 16.1. The van der Waals surface area contributed by atoms with Gasteiger partial charge in [0.05, 0.1) is 16.7 Å². The highest BCUT2D eigenvalue weighted by Gasteiger charge is 2.31. The minimum Gasteiger partial charge on any atom is -0.384 e. The van der Waals surface area contributed by atoms with Crippen LogP contribution in [0.1, 0.15) is 6.92 Å². The summed E-state index contributed by atoms with van der Waals surface area (Å²) in [5.74, 6) is 1.69. The number of piperazine rings is 1. The molecule has 1 saturated heterocycles. The van der Waals surface area contributed by atoms with Gasteiger partial charge in [-0.05, 0) is 66.9 Å². The first kappa shape index (κ1) is 28.2. The maximum absolute atomic E-state index is 13.4. The molecule has 1 aliphatic rings. The number of fused-ring (bicyclic) bond motifs is 2. The summed E-state index contributed by atoms with van der Waals surface area (Å²) in [6, 6.07) is 25.7. The van der Waals surface area contributed by atoms with Crippen molar-refractivity contribution in [2.45, 2.75) is 19.0 Å². The zero-order valence-corrected chi connectivity index (χ0v) is 25.1. The molecule has 0 aliphatic carbocycles. The second-order valence-corrected chi connectivity index (χ2v) is 11.4. The summed E-state index contributed by atoms with van der Waals surface area (Å²) in [6.45, 7) is 4.07. The molecule has 0 bridgehead atoms. The first-order valence-electron chi connectivity index (χ1n) is 15.0. The monoisotopic (exact) mass is 598 g/mol. The number of hydrogen-bond acceptors (Lipinski definition) is 8. The van der Waals surface area contributed by atoms with Gasteiger partial charge in [-0.3, -0.25) is 9.47 Å². The topological polar surface area (TPSA) is 130 Å².